The molecule has 0 bridgehead atoms. The molecule has 2 aromatic rings. The Morgan fingerprint density at radius 3 is 2.64 bits per heavy atom. The number of hydrogen-bond acceptors (Lipinski definition) is 5. The maximum Gasteiger partial charge on any atom is 0.257 e. The molecule has 3 rings (SSSR count). The van der Waals surface area contributed by atoms with Gasteiger partial charge in [-0.1, -0.05) is 17.3 Å². The van der Waals surface area contributed by atoms with Crippen LogP contribution in [0.2, 0.25) is 0 Å². The van der Waals surface area contributed by atoms with Crippen LogP contribution in [-0.4, -0.2) is 42.6 Å². The van der Waals surface area contributed by atoms with E-state index in [1.165, 1.54) is 6.42 Å². The highest BCUT2D eigenvalue weighted by Gasteiger charge is 2.25. The van der Waals surface area contributed by atoms with Crippen molar-refractivity contribution >= 4 is 18.3 Å². The Kier molecular flexibility index (Phi) is 8.33. The fourth-order valence-electron chi connectivity index (χ4n) is 3.57. The summed E-state index contributed by atoms with van der Waals surface area (Å²) < 4.78 is 11.2. The topological polar surface area (TPSA) is 67.6 Å². The number of carbonyl (C=O) groups excluding carboxylic acids is 1. The molecular formula is C21H30ClN3O3. The molecule has 0 unspecified atom stereocenters. The number of benzene rings is 1. The first kappa shape index (κ1) is 22.2. The second kappa shape index (κ2) is 10.5. The van der Waals surface area contributed by atoms with Crippen molar-refractivity contribution in [2.24, 2.45) is 5.92 Å². The molecule has 0 radical (unpaired) electrons. The van der Waals surface area contributed by atoms with Crippen LogP contribution < -0.4 is 10.1 Å². The summed E-state index contributed by atoms with van der Waals surface area (Å²) in [6.07, 6.45) is 3.31. The lowest BCUT2D eigenvalue weighted by Gasteiger charge is -2.32. The highest BCUT2D eigenvalue weighted by atomic mass is 35.5. The second-order valence-electron chi connectivity index (χ2n) is 7.22. The van der Waals surface area contributed by atoms with E-state index in [0.29, 0.717) is 23.8 Å². The Balaban J connectivity index is 0.00000280. The van der Waals surface area contributed by atoms with Crippen LogP contribution in [0.3, 0.4) is 0 Å². The predicted molar refractivity (Wildman–Crippen MR) is 111 cm³/mol. The van der Waals surface area contributed by atoms with Gasteiger partial charge in [-0.3, -0.25) is 4.79 Å². The van der Waals surface area contributed by atoms with Crippen LogP contribution in [-0.2, 0) is 6.61 Å². The fraction of sp³-hybridized carbons (Fsp3) is 0.524. The normalized spacial score (nSPS) is 14.6. The van der Waals surface area contributed by atoms with E-state index in [1.54, 1.807) is 0 Å². The molecule has 0 aliphatic carbocycles. The van der Waals surface area contributed by atoms with Crippen molar-refractivity contribution in [3.8, 4) is 5.75 Å². The number of ether oxygens (including phenoxy) is 1. The summed E-state index contributed by atoms with van der Waals surface area (Å²) in [6, 6.07) is 7.47. The van der Waals surface area contributed by atoms with Crippen LogP contribution in [0.1, 0.15) is 46.6 Å². The van der Waals surface area contributed by atoms with Crippen molar-refractivity contribution in [2.75, 3.05) is 26.7 Å². The summed E-state index contributed by atoms with van der Waals surface area (Å²) in [5.74, 6) is 2.11. The molecular weight excluding hydrogens is 378 g/mol. The Labute approximate surface area is 173 Å². The average molecular weight is 408 g/mol. The zero-order valence-electron chi connectivity index (χ0n) is 16.9. The zero-order chi connectivity index (χ0) is 19.2. The van der Waals surface area contributed by atoms with Gasteiger partial charge >= 0.3 is 0 Å². The summed E-state index contributed by atoms with van der Waals surface area (Å²) in [6.45, 7) is 6.77. The Bertz CT molecular complexity index is 751. The van der Waals surface area contributed by atoms with E-state index in [0.717, 1.165) is 49.5 Å². The molecule has 154 valence electrons. The number of nitrogens with zero attached hydrogens (tertiary/aromatic N) is 2. The first-order valence-electron chi connectivity index (χ1n) is 9.67. The SMILES string of the molecule is CNCCC1CCN(C(=O)c2ccccc2OCc2c(C)noc2C)CC1.Cl. The van der Waals surface area contributed by atoms with Crippen molar-refractivity contribution in [1.29, 1.82) is 0 Å². The van der Waals surface area contributed by atoms with Crippen molar-refractivity contribution in [3.63, 3.8) is 0 Å². The number of aryl methyl sites for hydroxylation is 2. The zero-order valence-corrected chi connectivity index (χ0v) is 17.7. The molecule has 1 amide bonds. The molecule has 28 heavy (non-hydrogen) atoms. The second-order valence-corrected chi connectivity index (χ2v) is 7.22. The van der Waals surface area contributed by atoms with Gasteiger partial charge in [0.15, 0.2) is 0 Å². The van der Waals surface area contributed by atoms with Crippen molar-refractivity contribution in [2.45, 2.75) is 39.7 Å². The van der Waals surface area contributed by atoms with Crippen LogP contribution in [0.25, 0.3) is 0 Å². The monoisotopic (exact) mass is 407 g/mol. The number of para-hydroxylation sites is 1. The lowest BCUT2D eigenvalue weighted by atomic mass is 9.93. The Hall–Kier alpha value is -2.05. The summed E-state index contributed by atoms with van der Waals surface area (Å²) >= 11 is 0. The first-order chi connectivity index (χ1) is 13.1. The predicted octanol–water partition coefficient (Wildman–Crippen LogP) is 3.75. The number of carbonyl (C=O) groups is 1. The molecule has 0 atom stereocenters. The minimum atomic E-state index is 0. The van der Waals surface area contributed by atoms with Crippen LogP contribution in [0.15, 0.2) is 28.8 Å². The molecule has 0 spiro atoms. The van der Waals surface area contributed by atoms with Gasteiger partial charge in [0.05, 0.1) is 16.8 Å². The van der Waals surface area contributed by atoms with E-state index in [2.05, 4.69) is 10.5 Å². The number of rotatable bonds is 7. The third kappa shape index (κ3) is 5.26. The molecule has 0 saturated carbocycles. The molecule has 1 aromatic carbocycles. The highest BCUT2D eigenvalue weighted by molar-refractivity contribution is 5.97. The summed E-state index contributed by atoms with van der Waals surface area (Å²) in [5.41, 5.74) is 2.38. The number of nitrogens with one attached hydrogen (secondary N) is 1. The lowest BCUT2D eigenvalue weighted by molar-refractivity contribution is 0.0682. The molecule has 1 aromatic heterocycles. The number of halogens is 1. The van der Waals surface area contributed by atoms with Gasteiger partial charge in [0, 0.05) is 13.1 Å². The number of likely N-dealkylation sites (tertiary alicyclic amines) is 1. The molecule has 6 nitrogen and oxygen atoms in total. The van der Waals surface area contributed by atoms with Gasteiger partial charge < -0.3 is 19.5 Å². The lowest BCUT2D eigenvalue weighted by Crippen LogP contribution is -2.39. The molecule has 1 N–H and O–H groups in total. The van der Waals surface area contributed by atoms with Gasteiger partial charge in [-0.15, -0.1) is 12.4 Å². The molecule has 1 fully saturated rings. The van der Waals surface area contributed by atoms with E-state index < -0.39 is 0 Å². The Morgan fingerprint density at radius 2 is 2.00 bits per heavy atom. The largest absolute Gasteiger partial charge is 0.488 e. The van der Waals surface area contributed by atoms with Gasteiger partial charge in [0.2, 0.25) is 0 Å². The van der Waals surface area contributed by atoms with Crippen LogP contribution in [0.4, 0.5) is 0 Å². The average Bonchev–Trinajstić information content (AvgIpc) is 3.02. The van der Waals surface area contributed by atoms with Gasteiger partial charge in [-0.25, -0.2) is 0 Å². The van der Waals surface area contributed by atoms with E-state index in [9.17, 15) is 4.79 Å². The third-order valence-electron chi connectivity index (χ3n) is 5.38. The molecule has 1 saturated heterocycles. The minimum absolute atomic E-state index is 0. The van der Waals surface area contributed by atoms with Gasteiger partial charge in [0.1, 0.15) is 18.1 Å². The van der Waals surface area contributed by atoms with E-state index in [1.807, 2.05) is 50.1 Å². The number of amides is 1. The van der Waals surface area contributed by atoms with Gasteiger partial charge in [0.25, 0.3) is 5.91 Å². The maximum atomic E-state index is 13.0. The summed E-state index contributed by atoms with van der Waals surface area (Å²) in [5, 5.41) is 7.16. The molecule has 1 aliphatic heterocycles. The van der Waals surface area contributed by atoms with E-state index in [4.69, 9.17) is 9.26 Å². The van der Waals surface area contributed by atoms with Crippen molar-refractivity contribution < 1.29 is 14.1 Å². The number of piperidine rings is 1. The molecule has 7 heteroatoms. The van der Waals surface area contributed by atoms with Crippen LogP contribution >= 0.6 is 12.4 Å². The summed E-state index contributed by atoms with van der Waals surface area (Å²) in [4.78, 5) is 15.0. The number of hydrogen-bond donors (Lipinski definition) is 1. The van der Waals surface area contributed by atoms with Crippen LogP contribution in [0, 0.1) is 19.8 Å². The van der Waals surface area contributed by atoms with Crippen molar-refractivity contribution in [3.05, 3.63) is 46.8 Å². The maximum absolute atomic E-state index is 13.0. The summed E-state index contributed by atoms with van der Waals surface area (Å²) in [7, 11) is 1.98. The number of aromatic nitrogens is 1. The first-order valence-corrected chi connectivity index (χ1v) is 9.67. The quantitative estimate of drug-likeness (QED) is 0.756. The minimum Gasteiger partial charge on any atom is -0.488 e. The fourth-order valence-corrected chi connectivity index (χ4v) is 3.57. The van der Waals surface area contributed by atoms with Crippen molar-refractivity contribution in [1.82, 2.24) is 15.4 Å². The van der Waals surface area contributed by atoms with E-state index in [-0.39, 0.29) is 18.3 Å². The Morgan fingerprint density at radius 1 is 1.29 bits per heavy atom. The molecule has 2 heterocycles. The standard InChI is InChI=1S/C21H29N3O3.ClH/c1-15-19(16(2)27-23-15)14-26-20-7-5-4-6-18(20)21(25)24-12-9-17(10-13-24)8-11-22-3;/h4-7,17,22H,8-14H2,1-3H3;1H. The van der Waals surface area contributed by atoms with Crippen LogP contribution in [0.5, 0.6) is 5.75 Å². The third-order valence-corrected chi connectivity index (χ3v) is 5.38. The van der Waals surface area contributed by atoms with Gasteiger partial charge in [-0.2, -0.15) is 0 Å². The highest BCUT2D eigenvalue weighted by Crippen LogP contribution is 2.26. The van der Waals surface area contributed by atoms with Gasteiger partial charge in [-0.05, 0) is 64.8 Å². The molecule has 1 aliphatic rings. The smallest absolute Gasteiger partial charge is 0.257 e. The van der Waals surface area contributed by atoms with E-state index >= 15 is 0 Å².